The van der Waals surface area contributed by atoms with Gasteiger partial charge >= 0.3 is 0 Å². The third-order valence-electron chi connectivity index (χ3n) is 4.05. The van der Waals surface area contributed by atoms with Crippen LogP contribution in [0.2, 0.25) is 0 Å². The summed E-state index contributed by atoms with van der Waals surface area (Å²) in [6.45, 7) is 0.269. The highest BCUT2D eigenvalue weighted by Gasteiger charge is 2.20. The Hall–Kier alpha value is -2.86. The third kappa shape index (κ3) is 3.49. The Labute approximate surface area is 144 Å². The maximum absolute atomic E-state index is 13.9. The molecule has 0 saturated carbocycles. The number of aliphatic hydroxyl groups is 1. The molecule has 2 N–H and O–H groups in total. The van der Waals surface area contributed by atoms with Crippen LogP contribution in [0.1, 0.15) is 16.1 Å². The lowest BCUT2D eigenvalue weighted by molar-refractivity contribution is 0.0701. The van der Waals surface area contributed by atoms with Crippen LogP contribution in [0, 0.1) is 5.82 Å². The normalized spacial score (nSPS) is 10.8. The Balaban J connectivity index is 1.91. The summed E-state index contributed by atoms with van der Waals surface area (Å²) >= 11 is 0. The molecule has 1 aromatic heterocycles. The van der Waals surface area contributed by atoms with Gasteiger partial charge in [-0.05, 0) is 24.3 Å². The lowest BCUT2D eigenvalue weighted by Gasteiger charge is -2.22. The zero-order valence-electron chi connectivity index (χ0n) is 13.8. The van der Waals surface area contributed by atoms with Gasteiger partial charge in [-0.1, -0.05) is 24.3 Å². The number of aromatic nitrogens is 1. The van der Waals surface area contributed by atoms with Gasteiger partial charge in [-0.3, -0.25) is 4.79 Å². The molecule has 0 fully saturated rings. The van der Waals surface area contributed by atoms with Gasteiger partial charge in [-0.2, -0.15) is 0 Å². The molecule has 5 nitrogen and oxygen atoms in total. The summed E-state index contributed by atoms with van der Waals surface area (Å²) in [5.41, 5.74) is 1.67. The van der Waals surface area contributed by atoms with Gasteiger partial charge in [-0.25, -0.2) is 4.39 Å². The van der Waals surface area contributed by atoms with Crippen LogP contribution in [0.5, 0.6) is 5.75 Å². The molecule has 0 atom stereocenters. The van der Waals surface area contributed by atoms with E-state index in [-0.39, 0.29) is 37.1 Å². The Morgan fingerprint density at radius 2 is 2.04 bits per heavy atom. The quantitative estimate of drug-likeness (QED) is 0.724. The van der Waals surface area contributed by atoms with Crippen LogP contribution in [0.15, 0.2) is 48.5 Å². The minimum absolute atomic E-state index is 0.161. The second-order valence-electron chi connectivity index (χ2n) is 5.65. The molecular formula is C19H19FN2O3. The van der Waals surface area contributed by atoms with E-state index in [0.717, 1.165) is 5.56 Å². The average molecular weight is 342 g/mol. The van der Waals surface area contributed by atoms with E-state index < -0.39 is 0 Å². The summed E-state index contributed by atoms with van der Waals surface area (Å²) in [5.74, 6) is -0.0253. The molecule has 0 spiro atoms. The van der Waals surface area contributed by atoms with Crippen LogP contribution in [0.3, 0.4) is 0 Å². The Morgan fingerprint density at radius 3 is 2.76 bits per heavy atom. The molecule has 0 radical (unpaired) electrons. The highest BCUT2D eigenvalue weighted by atomic mass is 19.1. The van der Waals surface area contributed by atoms with Gasteiger partial charge < -0.3 is 19.7 Å². The van der Waals surface area contributed by atoms with Crippen molar-refractivity contribution < 1.29 is 19.0 Å². The van der Waals surface area contributed by atoms with E-state index >= 15 is 0 Å². The first-order valence-corrected chi connectivity index (χ1v) is 7.93. The summed E-state index contributed by atoms with van der Waals surface area (Å²) in [5, 5.41) is 9.69. The van der Waals surface area contributed by atoms with Gasteiger partial charge in [0.2, 0.25) is 0 Å². The molecule has 0 aliphatic heterocycles. The fourth-order valence-electron chi connectivity index (χ4n) is 2.82. The molecule has 0 bridgehead atoms. The molecule has 0 unspecified atom stereocenters. The summed E-state index contributed by atoms with van der Waals surface area (Å²) in [6.07, 6.45) is 0. The molecule has 3 rings (SSSR count). The molecular weight excluding hydrogens is 323 g/mol. The predicted octanol–water partition coefficient (Wildman–Crippen LogP) is 2.95. The number of hydrogen-bond donors (Lipinski definition) is 2. The van der Waals surface area contributed by atoms with Crippen LogP contribution in [0.25, 0.3) is 10.9 Å². The SMILES string of the molecule is COc1ccccc1CN(CCO)C(=O)c1cc2c(F)cccc2[nH]1. The zero-order chi connectivity index (χ0) is 17.8. The first-order chi connectivity index (χ1) is 12.1. The molecule has 2 aromatic carbocycles. The van der Waals surface area contributed by atoms with Crippen molar-refractivity contribution >= 4 is 16.8 Å². The maximum Gasteiger partial charge on any atom is 0.270 e. The maximum atomic E-state index is 13.9. The van der Waals surface area contributed by atoms with Crippen LogP contribution in [-0.2, 0) is 6.54 Å². The number of H-pyrrole nitrogens is 1. The standard InChI is InChI=1S/C19H19FN2O3/c1-25-18-8-3-2-5-13(18)12-22(9-10-23)19(24)17-11-14-15(20)6-4-7-16(14)21-17/h2-8,11,21,23H,9-10,12H2,1H3. The van der Waals surface area contributed by atoms with Crippen molar-refractivity contribution in [3.05, 3.63) is 65.6 Å². The van der Waals surface area contributed by atoms with Crippen LogP contribution >= 0.6 is 0 Å². The van der Waals surface area contributed by atoms with Crippen LogP contribution in [-0.4, -0.2) is 41.2 Å². The highest BCUT2D eigenvalue weighted by Crippen LogP contribution is 2.22. The number of ether oxygens (including phenoxy) is 1. The highest BCUT2D eigenvalue weighted by molar-refractivity contribution is 5.98. The van der Waals surface area contributed by atoms with Gasteiger partial charge in [0.05, 0.1) is 13.7 Å². The van der Waals surface area contributed by atoms with E-state index in [2.05, 4.69) is 4.98 Å². The van der Waals surface area contributed by atoms with E-state index in [0.29, 0.717) is 16.7 Å². The van der Waals surface area contributed by atoms with Gasteiger partial charge in [0, 0.05) is 29.6 Å². The average Bonchev–Trinajstić information content (AvgIpc) is 3.07. The summed E-state index contributed by atoms with van der Waals surface area (Å²) in [4.78, 5) is 17.3. The minimum atomic E-state index is -0.383. The van der Waals surface area contributed by atoms with Gasteiger partial charge in [0.25, 0.3) is 5.91 Å². The smallest absolute Gasteiger partial charge is 0.270 e. The van der Waals surface area contributed by atoms with Crippen molar-refractivity contribution in [3.8, 4) is 5.75 Å². The second kappa shape index (κ2) is 7.36. The van der Waals surface area contributed by atoms with Gasteiger partial charge in [0.15, 0.2) is 0 Å². The van der Waals surface area contributed by atoms with Gasteiger partial charge in [-0.15, -0.1) is 0 Å². The molecule has 6 heteroatoms. The number of benzene rings is 2. The molecule has 3 aromatic rings. The number of aliphatic hydroxyl groups excluding tert-OH is 1. The zero-order valence-corrected chi connectivity index (χ0v) is 13.8. The first-order valence-electron chi connectivity index (χ1n) is 7.93. The molecule has 130 valence electrons. The number of aromatic amines is 1. The van der Waals surface area contributed by atoms with E-state index in [1.165, 1.54) is 17.0 Å². The summed E-state index contributed by atoms with van der Waals surface area (Å²) < 4.78 is 19.2. The Kier molecular flexibility index (Phi) is 5.00. The number of nitrogens with zero attached hydrogens (tertiary/aromatic N) is 1. The van der Waals surface area contributed by atoms with Crippen molar-refractivity contribution in [1.29, 1.82) is 0 Å². The summed E-state index contributed by atoms with van der Waals surface area (Å²) in [6, 6.07) is 13.5. The van der Waals surface area contributed by atoms with E-state index in [1.54, 1.807) is 19.2 Å². The molecule has 1 heterocycles. The van der Waals surface area contributed by atoms with Crippen molar-refractivity contribution in [2.75, 3.05) is 20.3 Å². The number of halogens is 1. The second-order valence-corrected chi connectivity index (χ2v) is 5.65. The number of hydrogen-bond acceptors (Lipinski definition) is 3. The minimum Gasteiger partial charge on any atom is -0.496 e. The van der Waals surface area contributed by atoms with E-state index in [4.69, 9.17) is 4.74 Å². The number of fused-ring (bicyclic) bond motifs is 1. The van der Waals surface area contributed by atoms with Crippen molar-refractivity contribution in [2.45, 2.75) is 6.54 Å². The lowest BCUT2D eigenvalue weighted by Crippen LogP contribution is -2.33. The molecule has 1 amide bonds. The number of carbonyl (C=O) groups excluding carboxylic acids is 1. The number of methoxy groups -OCH3 is 1. The fourth-order valence-corrected chi connectivity index (χ4v) is 2.82. The number of rotatable bonds is 6. The van der Waals surface area contributed by atoms with Gasteiger partial charge in [0.1, 0.15) is 17.3 Å². The molecule has 25 heavy (non-hydrogen) atoms. The molecule has 0 saturated heterocycles. The van der Waals surface area contributed by atoms with E-state index in [1.807, 2.05) is 24.3 Å². The first kappa shape index (κ1) is 17.0. The lowest BCUT2D eigenvalue weighted by atomic mass is 10.1. The predicted molar refractivity (Wildman–Crippen MR) is 93.1 cm³/mol. The topological polar surface area (TPSA) is 65.6 Å². The van der Waals surface area contributed by atoms with Crippen LogP contribution < -0.4 is 4.74 Å². The number of amides is 1. The third-order valence-corrected chi connectivity index (χ3v) is 4.05. The van der Waals surface area contributed by atoms with Crippen molar-refractivity contribution in [2.24, 2.45) is 0 Å². The number of para-hydroxylation sites is 1. The fraction of sp³-hybridized carbons (Fsp3) is 0.211. The molecule has 0 aliphatic carbocycles. The van der Waals surface area contributed by atoms with Crippen molar-refractivity contribution in [3.63, 3.8) is 0 Å². The summed E-state index contributed by atoms with van der Waals surface area (Å²) in [7, 11) is 1.57. The largest absolute Gasteiger partial charge is 0.496 e. The number of nitrogens with one attached hydrogen (secondary N) is 1. The van der Waals surface area contributed by atoms with Crippen LogP contribution in [0.4, 0.5) is 4.39 Å². The molecule has 0 aliphatic rings. The Bertz CT molecular complexity index is 891. The van der Waals surface area contributed by atoms with E-state index in [9.17, 15) is 14.3 Å². The van der Waals surface area contributed by atoms with Crippen molar-refractivity contribution in [1.82, 2.24) is 9.88 Å². The number of carbonyl (C=O) groups is 1. The Morgan fingerprint density at radius 1 is 1.24 bits per heavy atom. The monoisotopic (exact) mass is 342 g/mol.